The lowest BCUT2D eigenvalue weighted by Gasteiger charge is -2.33. The zero-order valence-electron chi connectivity index (χ0n) is 12.9. The van der Waals surface area contributed by atoms with E-state index < -0.39 is 5.82 Å². The predicted molar refractivity (Wildman–Crippen MR) is 88.7 cm³/mol. The van der Waals surface area contributed by atoms with Gasteiger partial charge in [-0.2, -0.15) is 0 Å². The summed E-state index contributed by atoms with van der Waals surface area (Å²) >= 11 is 5.99. The lowest BCUT2D eigenvalue weighted by molar-refractivity contribution is -0.126. The quantitative estimate of drug-likeness (QED) is 0.936. The Balaban J connectivity index is 1.69. The number of carbonyl (C=O) groups is 1. The molecular formula is C18H18ClFN2O. The molecule has 23 heavy (non-hydrogen) atoms. The summed E-state index contributed by atoms with van der Waals surface area (Å²) in [7, 11) is 1.93. The molecule has 1 amide bonds. The van der Waals surface area contributed by atoms with Crippen molar-refractivity contribution in [2.45, 2.75) is 25.6 Å². The highest BCUT2D eigenvalue weighted by molar-refractivity contribution is 6.31. The number of fused-ring (bicyclic) bond motifs is 1. The van der Waals surface area contributed by atoms with Crippen LogP contribution in [0, 0.1) is 5.82 Å². The monoisotopic (exact) mass is 332 g/mol. The summed E-state index contributed by atoms with van der Waals surface area (Å²) in [5, 5.41) is 3.13. The highest BCUT2D eigenvalue weighted by Gasteiger charge is 2.28. The van der Waals surface area contributed by atoms with Crippen LogP contribution in [-0.4, -0.2) is 23.9 Å². The third kappa shape index (κ3) is 3.38. The fourth-order valence-corrected chi connectivity index (χ4v) is 3.17. The Labute approximate surface area is 140 Å². The molecule has 1 aliphatic rings. The van der Waals surface area contributed by atoms with Gasteiger partial charge in [0, 0.05) is 23.7 Å². The van der Waals surface area contributed by atoms with Crippen molar-refractivity contribution in [1.29, 1.82) is 0 Å². The van der Waals surface area contributed by atoms with Gasteiger partial charge in [0.25, 0.3) is 0 Å². The Morgan fingerprint density at radius 2 is 2.00 bits per heavy atom. The first-order valence-electron chi connectivity index (χ1n) is 7.54. The minimum absolute atomic E-state index is 0.0936. The van der Waals surface area contributed by atoms with Crippen molar-refractivity contribution in [2.24, 2.45) is 0 Å². The van der Waals surface area contributed by atoms with Crippen LogP contribution in [0.15, 0.2) is 42.5 Å². The Hall–Kier alpha value is -1.91. The molecule has 0 spiro atoms. The molecule has 0 radical (unpaired) electrons. The molecule has 1 heterocycles. The van der Waals surface area contributed by atoms with E-state index in [0.717, 1.165) is 6.54 Å². The highest BCUT2D eigenvalue weighted by Crippen LogP contribution is 2.23. The maximum absolute atomic E-state index is 13.8. The minimum atomic E-state index is -0.403. The molecule has 0 fully saturated rings. The van der Waals surface area contributed by atoms with Crippen LogP contribution in [0.5, 0.6) is 0 Å². The molecule has 0 saturated carbocycles. The third-order valence-corrected chi connectivity index (χ3v) is 4.64. The van der Waals surface area contributed by atoms with Gasteiger partial charge in [-0.05, 0) is 36.7 Å². The normalized spacial score (nSPS) is 17.6. The molecule has 1 N–H and O–H groups in total. The Morgan fingerprint density at radius 3 is 2.74 bits per heavy atom. The van der Waals surface area contributed by atoms with Gasteiger partial charge >= 0.3 is 0 Å². The number of rotatable bonds is 3. The number of halogens is 2. The highest BCUT2D eigenvalue weighted by atomic mass is 35.5. The first-order valence-corrected chi connectivity index (χ1v) is 7.91. The van der Waals surface area contributed by atoms with Crippen LogP contribution in [0.4, 0.5) is 4.39 Å². The molecule has 0 saturated heterocycles. The van der Waals surface area contributed by atoms with E-state index >= 15 is 0 Å². The van der Waals surface area contributed by atoms with Gasteiger partial charge in [0.05, 0.1) is 6.04 Å². The minimum Gasteiger partial charge on any atom is -0.350 e. The largest absolute Gasteiger partial charge is 0.350 e. The van der Waals surface area contributed by atoms with Crippen LogP contribution in [-0.2, 0) is 24.3 Å². The number of carbonyl (C=O) groups excluding carboxylic acids is 1. The van der Waals surface area contributed by atoms with Crippen molar-refractivity contribution < 1.29 is 9.18 Å². The average Bonchev–Trinajstić information content (AvgIpc) is 2.53. The Morgan fingerprint density at radius 1 is 1.26 bits per heavy atom. The van der Waals surface area contributed by atoms with Crippen molar-refractivity contribution in [3.63, 3.8) is 0 Å². The zero-order chi connectivity index (χ0) is 16.4. The Kier molecular flexibility index (Phi) is 4.64. The van der Waals surface area contributed by atoms with Crippen LogP contribution >= 0.6 is 11.6 Å². The predicted octanol–water partition coefficient (Wildman–Crippen LogP) is 3.15. The first kappa shape index (κ1) is 16.0. The molecule has 3 nitrogen and oxygen atoms in total. The molecule has 0 bridgehead atoms. The molecular weight excluding hydrogens is 315 g/mol. The average molecular weight is 333 g/mol. The summed E-state index contributed by atoms with van der Waals surface area (Å²) in [4.78, 5) is 14.5. The summed E-state index contributed by atoms with van der Waals surface area (Å²) in [5.74, 6) is -0.513. The smallest absolute Gasteiger partial charge is 0.237 e. The van der Waals surface area contributed by atoms with E-state index in [9.17, 15) is 9.18 Å². The van der Waals surface area contributed by atoms with E-state index in [2.05, 4.69) is 17.4 Å². The topological polar surface area (TPSA) is 32.3 Å². The number of benzene rings is 2. The van der Waals surface area contributed by atoms with Gasteiger partial charge in [0.15, 0.2) is 0 Å². The number of hydrogen-bond donors (Lipinski definition) is 1. The van der Waals surface area contributed by atoms with E-state index in [1.165, 1.54) is 17.2 Å². The second-order valence-electron chi connectivity index (χ2n) is 5.82. The van der Waals surface area contributed by atoms with Crippen LogP contribution in [0.25, 0.3) is 0 Å². The second-order valence-corrected chi connectivity index (χ2v) is 6.23. The molecule has 1 atom stereocenters. The number of nitrogens with one attached hydrogen (secondary N) is 1. The van der Waals surface area contributed by atoms with Gasteiger partial charge in [-0.15, -0.1) is 0 Å². The number of amides is 1. The van der Waals surface area contributed by atoms with Gasteiger partial charge in [-0.3, -0.25) is 9.69 Å². The van der Waals surface area contributed by atoms with Gasteiger partial charge in [-0.1, -0.05) is 41.9 Å². The van der Waals surface area contributed by atoms with E-state index in [-0.39, 0.29) is 18.5 Å². The summed E-state index contributed by atoms with van der Waals surface area (Å²) in [6.07, 6.45) is 0.656. The van der Waals surface area contributed by atoms with Gasteiger partial charge < -0.3 is 5.32 Å². The molecule has 0 unspecified atom stereocenters. The molecule has 0 aliphatic carbocycles. The van der Waals surface area contributed by atoms with Gasteiger partial charge in [0.1, 0.15) is 5.82 Å². The third-order valence-electron chi connectivity index (χ3n) is 4.29. The van der Waals surface area contributed by atoms with E-state index in [4.69, 9.17) is 11.6 Å². The van der Waals surface area contributed by atoms with Crippen LogP contribution in [0.2, 0.25) is 5.02 Å². The molecule has 5 heteroatoms. The van der Waals surface area contributed by atoms with E-state index in [1.54, 1.807) is 12.1 Å². The summed E-state index contributed by atoms with van der Waals surface area (Å²) in [5.41, 5.74) is 2.76. The fourth-order valence-electron chi connectivity index (χ4n) is 2.94. The van der Waals surface area contributed by atoms with Crippen molar-refractivity contribution in [2.75, 3.05) is 7.05 Å². The lowest BCUT2D eigenvalue weighted by atomic mass is 9.94. The standard InChI is InChI=1S/C18H18ClFN2O/c1-22-11-13-6-3-2-5-12(13)9-17(22)18(23)21-10-14-15(19)7-4-8-16(14)20/h2-8,17H,9-11H2,1H3,(H,21,23)/t17-/m0/s1. The molecule has 2 aromatic carbocycles. The molecule has 0 aromatic heterocycles. The van der Waals surface area contributed by atoms with Crippen molar-refractivity contribution in [1.82, 2.24) is 10.2 Å². The second kappa shape index (κ2) is 6.69. The SMILES string of the molecule is CN1Cc2ccccc2C[C@H]1C(=O)NCc1c(F)cccc1Cl. The summed E-state index contributed by atoms with van der Waals surface area (Å²) in [6, 6.07) is 12.4. The van der Waals surface area contributed by atoms with Crippen molar-refractivity contribution in [3.05, 3.63) is 70.0 Å². The zero-order valence-corrected chi connectivity index (χ0v) is 13.6. The van der Waals surface area contributed by atoms with E-state index in [0.29, 0.717) is 17.0 Å². The maximum Gasteiger partial charge on any atom is 0.237 e. The van der Waals surface area contributed by atoms with Crippen molar-refractivity contribution >= 4 is 17.5 Å². The van der Waals surface area contributed by atoms with Gasteiger partial charge in [-0.25, -0.2) is 4.39 Å². The van der Waals surface area contributed by atoms with Crippen LogP contribution < -0.4 is 5.32 Å². The number of nitrogens with zero attached hydrogens (tertiary/aromatic N) is 1. The maximum atomic E-state index is 13.8. The first-order chi connectivity index (χ1) is 11.1. The Bertz CT molecular complexity index is 714. The van der Waals surface area contributed by atoms with E-state index in [1.807, 2.05) is 24.1 Å². The lowest BCUT2D eigenvalue weighted by Crippen LogP contribution is -2.48. The van der Waals surface area contributed by atoms with Crippen LogP contribution in [0.3, 0.4) is 0 Å². The molecule has 1 aliphatic heterocycles. The summed E-state index contributed by atoms with van der Waals surface area (Å²) in [6.45, 7) is 0.824. The fraction of sp³-hybridized carbons (Fsp3) is 0.278. The summed E-state index contributed by atoms with van der Waals surface area (Å²) < 4.78 is 13.8. The molecule has 2 aromatic rings. The van der Waals surface area contributed by atoms with Crippen LogP contribution in [0.1, 0.15) is 16.7 Å². The van der Waals surface area contributed by atoms with Gasteiger partial charge in [0.2, 0.25) is 5.91 Å². The molecule has 120 valence electrons. The number of hydrogen-bond acceptors (Lipinski definition) is 2. The van der Waals surface area contributed by atoms with Crippen molar-refractivity contribution in [3.8, 4) is 0 Å². The number of likely N-dealkylation sites (N-methyl/N-ethyl adjacent to an activating group) is 1. The molecule has 3 rings (SSSR count).